The second-order valence-corrected chi connectivity index (χ2v) is 10.3. The molecule has 1 N–H and O–H groups in total. The molecular weight excluding hydrogens is 521 g/mol. The lowest BCUT2D eigenvalue weighted by molar-refractivity contribution is 0.0600. The maximum Gasteiger partial charge on any atom is 0.351 e. The number of nitrogens with one attached hydrogen (secondary N) is 1. The second-order valence-electron chi connectivity index (χ2n) is 8.50. The molecule has 1 saturated heterocycles. The van der Waals surface area contributed by atoms with E-state index in [1.54, 1.807) is 18.5 Å². The van der Waals surface area contributed by atoms with Gasteiger partial charge in [-0.25, -0.2) is 9.78 Å². The van der Waals surface area contributed by atoms with Crippen molar-refractivity contribution in [2.45, 2.75) is 32.0 Å². The normalized spacial score (nSPS) is 15.1. The van der Waals surface area contributed by atoms with E-state index in [9.17, 15) is 4.79 Å². The van der Waals surface area contributed by atoms with Crippen molar-refractivity contribution in [3.63, 3.8) is 0 Å². The van der Waals surface area contributed by atoms with E-state index < -0.39 is 12.1 Å². The number of ether oxygens (including phenoxy) is 3. The number of methoxy groups -OCH3 is 1. The largest absolute Gasteiger partial charge is 0.489 e. The molecule has 2 aromatic carbocycles. The van der Waals surface area contributed by atoms with E-state index in [0.717, 1.165) is 47.5 Å². The fourth-order valence-electron chi connectivity index (χ4n) is 4.24. The minimum absolute atomic E-state index is 0.125. The number of hydrogen-bond acceptors (Lipinski definition) is 7. The first-order valence-corrected chi connectivity index (χ1v) is 13.2. The molecular formula is C26H25Cl2N3O4S. The molecule has 0 spiro atoms. The number of rotatable bonds is 7. The quantitative estimate of drug-likeness (QED) is 0.269. The summed E-state index contributed by atoms with van der Waals surface area (Å²) in [6.07, 6.45) is 3.24. The number of thiophene rings is 1. The fraction of sp³-hybridized carbons (Fsp3) is 0.308. The number of halogens is 2. The van der Waals surface area contributed by atoms with Gasteiger partial charge in [0, 0.05) is 16.7 Å². The van der Waals surface area contributed by atoms with Gasteiger partial charge in [0.15, 0.2) is 4.88 Å². The van der Waals surface area contributed by atoms with Crippen molar-refractivity contribution >= 4 is 51.5 Å². The molecule has 1 aliphatic rings. The average Bonchev–Trinajstić information content (AvgIpc) is 3.49. The van der Waals surface area contributed by atoms with Crippen LogP contribution in [0.1, 0.15) is 41.1 Å². The Morgan fingerprint density at radius 3 is 2.75 bits per heavy atom. The van der Waals surface area contributed by atoms with Gasteiger partial charge >= 0.3 is 5.97 Å². The minimum atomic E-state index is -0.477. The smallest absolute Gasteiger partial charge is 0.351 e. The molecule has 2 aromatic heterocycles. The Morgan fingerprint density at radius 2 is 1.97 bits per heavy atom. The maximum absolute atomic E-state index is 12.6. The van der Waals surface area contributed by atoms with Crippen LogP contribution in [0.2, 0.25) is 10.0 Å². The average molecular weight is 546 g/mol. The first-order valence-electron chi connectivity index (χ1n) is 11.6. The number of fused-ring (bicyclic) bond motifs is 1. The Bertz CT molecular complexity index is 1400. The van der Waals surface area contributed by atoms with Gasteiger partial charge in [0.1, 0.15) is 35.0 Å². The van der Waals surface area contributed by atoms with Crippen LogP contribution in [0.5, 0.6) is 11.5 Å². The van der Waals surface area contributed by atoms with Crippen LogP contribution in [0.4, 0.5) is 0 Å². The van der Waals surface area contributed by atoms with E-state index in [2.05, 4.69) is 10.3 Å². The molecule has 0 saturated carbocycles. The Hall–Kier alpha value is -2.78. The molecule has 1 aliphatic heterocycles. The van der Waals surface area contributed by atoms with Crippen LogP contribution in [-0.4, -0.2) is 41.8 Å². The van der Waals surface area contributed by atoms with Crippen LogP contribution in [0.3, 0.4) is 0 Å². The van der Waals surface area contributed by atoms with Crippen LogP contribution in [0, 0.1) is 0 Å². The van der Waals surface area contributed by atoms with Crippen LogP contribution >= 0.6 is 34.5 Å². The van der Waals surface area contributed by atoms with E-state index in [1.807, 2.05) is 41.8 Å². The van der Waals surface area contributed by atoms with E-state index in [4.69, 9.17) is 37.4 Å². The van der Waals surface area contributed by atoms with Gasteiger partial charge in [-0.1, -0.05) is 35.3 Å². The lowest BCUT2D eigenvalue weighted by atomic mass is 10.1. The second kappa shape index (κ2) is 10.7. The van der Waals surface area contributed by atoms with E-state index >= 15 is 0 Å². The Kier molecular flexibility index (Phi) is 7.39. The number of carbonyl (C=O) groups is 1. The van der Waals surface area contributed by atoms with E-state index in [-0.39, 0.29) is 6.10 Å². The molecule has 36 heavy (non-hydrogen) atoms. The minimum Gasteiger partial charge on any atom is -0.489 e. The number of esters is 1. The molecule has 0 amide bonds. The number of carbonyl (C=O) groups excluding carboxylic acids is 1. The van der Waals surface area contributed by atoms with E-state index in [1.165, 1.54) is 18.4 Å². The van der Waals surface area contributed by atoms with Crippen LogP contribution < -0.4 is 14.8 Å². The number of hydrogen-bond donors (Lipinski definition) is 1. The van der Waals surface area contributed by atoms with Gasteiger partial charge < -0.3 is 19.5 Å². The zero-order chi connectivity index (χ0) is 25.2. The molecule has 5 rings (SSSR count). The molecule has 10 heteroatoms. The number of imidazole rings is 1. The van der Waals surface area contributed by atoms with Crippen molar-refractivity contribution in [3.05, 3.63) is 69.3 Å². The highest BCUT2D eigenvalue weighted by Gasteiger charge is 2.24. The standard InChI is InChI=1S/C26H25Cl2N3O4S/c1-15(18-4-3-5-21(24(18)28)35-17-8-10-29-11-9-17)34-22-13-23(36-25(22)26(32)33-2)31-14-30-19-12-16(27)6-7-20(19)31/h3-7,12-15,17,29H,8-11H2,1-2H3/t15-/m1/s1. The molecule has 4 aromatic rings. The zero-order valence-corrected chi connectivity index (χ0v) is 22.1. The van der Waals surface area contributed by atoms with Crippen molar-refractivity contribution in [1.29, 1.82) is 0 Å². The lowest BCUT2D eigenvalue weighted by Crippen LogP contribution is -2.34. The Morgan fingerprint density at radius 1 is 1.17 bits per heavy atom. The highest BCUT2D eigenvalue weighted by molar-refractivity contribution is 7.16. The number of piperidine rings is 1. The summed E-state index contributed by atoms with van der Waals surface area (Å²) in [4.78, 5) is 17.4. The van der Waals surface area contributed by atoms with Gasteiger partial charge in [-0.05, 0) is 57.1 Å². The van der Waals surface area contributed by atoms with Gasteiger partial charge in [0.25, 0.3) is 0 Å². The maximum atomic E-state index is 12.6. The summed E-state index contributed by atoms with van der Waals surface area (Å²) < 4.78 is 19.4. The van der Waals surface area contributed by atoms with Crippen LogP contribution in [-0.2, 0) is 4.74 Å². The third kappa shape index (κ3) is 5.04. The predicted molar refractivity (Wildman–Crippen MR) is 142 cm³/mol. The van der Waals surface area contributed by atoms with Gasteiger partial charge in [0.05, 0.1) is 23.2 Å². The molecule has 0 aliphatic carbocycles. The SMILES string of the molecule is COC(=O)c1sc(-n2cnc3cc(Cl)ccc32)cc1O[C@H](C)c1cccc(OC2CCNCC2)c1Cl. The monoisotopic (exact) mass is 545 g/mol. The van der Waals surface area contributed by atoms with Crippen molar-refractivity contribution in [3.8, 4) is 16.5 Å². The number of aromatic nitrogens is 2. The summed E-state index contributed by atoms with van der Waals surface area (Å²) in [7, 11) is 1.35. The van der Waals surface area contributed by atoms with E-state index in [0.29, 0.717) is 26.4 Å². The lowest BCUT2D eigenvalue weighted by Gasteiger charge is -2.25. The molecule has 0 radical (unpaired) electrons. The topological polar surface area (TPSA) is 74.6 Å². The highest BCUT2D eigenvalue weighted by Crippen LogP contribution is 2.39. The Labute approximate surface area is 222 Å². The number of nitrogens with zero attached hydrogens (tertiary/aromatic N) is 2. The molecule has 3 heterocycles. The van der Waals surface area contributed by atoms with Gasteiger partial charge in [-0.15, -0.1) is 11.3 Å². The van der Waals surface area contributed by atoms with Crippen molar-refractivity contribution in [2.75, 3.05) is 20.2 Å². The summed E-state index contributed by atoms with van der Waals surface area (Å²) >= 11 is 14.1. The van der Waals surface area contributed by atoms with Crippen molar-refractivity contribution in [2.24, 2.45) is 0 Å². The van der Waals surface area contributed by atoms with Crippen molar-refractivity contribution in [1.82, 2.24) is 14.9 Å². The Balaban J connectivity index is 1.44. The summed E-state index contributed by atoms with van der Waals surface area (Å²) in [6.45, 7) is 3.75. The summed E-state index contributed by atoms with van der Waals surface area (Å²) in [5, 5.41) is 5.21. The fourth-order valence-corrected chi connectivity index (χ4v) is 5.73. The van der Waals surface area contributed by atoms with Gasteiger partial charge in [-0.3, -0.25) is 4.57 Å². The molecule has 0 bridgehead atoms. The highest BCUT2D eigenvalue weighted by atomic mass is 35.5. The third-order valence-electron chi connectivity index (χ3n) is 6.12. The summed E-state index contributed by atoms with van der Waals surface area (Å²) in [6, 6.07) is 13.0. The molecule has 1 atom stereocenters. The zero-order valence-electron chi connectivity index (χ0n) is 19.8. The number of benzene rings is 2. The summed E-state index contributed by atoms with van der Waals surface area (Å²) in [5.41, 5.74) is 2.39. The summed E-state index contributed by atoms with van der Waals surface area (Å²) in [5.74, 6) is 0.570. The first kappa shape index (κ1) is 24.9. The molecule has 0 unspecified atom stereocenters. The molecule has 7 nitrogen and oxygen atoms in total. The molecule has 1 fully saturated rings. The van der Waals surface area contributed by atoms with Gasteiger partial charge in [0.2, 0.25) is 0 Å². The third-order valence-corrected chi connectivity index (χ3v) is 7.85. The van der Waals surface area contributed by atoms with Gasteiger partial charge in [-0.2, -0.15) is 0 Å². The van der Waals surface area contributed by atoms with Crippen LogP contribution in [0.15, 0.2) is 48.8 Å². The van der Waals surface area contributed by atoms with Crippen LogP contribution in [0.25, 0.3) is 16.0 Å². The first-order chi connectivity index (χ1) is 17.4. The van der Waals surface area contributed by atoms with Crippen molar-refractivity contribution < 1.29 is 19.0 Å². The molecule has 188 valence electrons. The predicted octanol–water partition coefficient (Wildman–Crippen LogP) is 6.45.